The lowest BCUT2D eigenvalue weighted by molar-refractivity contribution is 0.236. The second-order valence-electron chi connectivity index (χ2n) is 5.22. The van der Waals surface area contributed by atoms with Gasteiger partial charge in [0.15, 0.2) is 0 Å². The Bertz CT molecular complexity index is 242. The SMILES string of the molecule is NC1CCC=CCC1C1CC=CCCC1N. The first-order valence-electron chi connectivity index (χ1n) is 6.60. The van der Waals surface area contributed by atoms with Crippen LogP contribution in [0.4, 0.5) is 0 Å². The minimum atomic E-state index is 0.331. The molecule has 0 aromatic rings. The molecule has 0 aliphatic heterocycles. The van der Waals surface area contributed by atoms with Crippen LogP contribution in [0.5, 0.6) is 0 Å². The van der Waals surface area contributed by atoms with E-state index in [9.17, 15) is 0 Å². The molecule has 0 fully saturated rings. The van der Waals surface area contributed by atoms with Crippen molar-refractivity contribution in [2.75, 3.05) is 0 Å². The Kier molecular flexibility index (Phi) is 4.19. The Morgan fingerprint density at radius 2 is 1.12 bits per heavy atom. The first kappa shape index (κ1) is 11.9. The van der Waals surface area contributed by atoms with Gasteiger partial charge in [-0.1, -0.05) is 24.3 Å². The molecule has 2 rings (SSSR count). The van der Waals surface area contributed by atoms with Crippen LogP contribution in [0.1, 0.15) is 38.5 Å². The summed E-state index contributed by atoms with van der Waals surface area (Å²) in [5, 5.41) is 0. The van der Waals surface area contributed by atoms with Gasteiger partial charge in [-0.3, -0.25) is 0 Å². The van der Waals surface area contributed by atoms with Gasteiger partial charge in [0.05, 0.1) is 0 Å². The Morgan fingerprint density at radius 1 is 0.688 bits per heavy atom. The number of hydrogen-bond donors (Lipinski definition) is 2. The average Bonchev–Trinajstić information content (AvgIpc) is 2.59. The van der Waals surface area contributed by atoms with Crippen molar-refractivity contribution in [2.45, 2.75) is 50.6 Å². The van der Waals surface area contributed by atoms with Gasteiger partial charge in [0, 0.05) is 12.1 Å². The van der Waals surface area contributed by atoms with E-state index in [-0.39, 0.29) is 0 Å². The van der Waals surface area contributed by atoms with Gasteiger partial charge in [-0.05, 0) is 50.4 Å². The molecule has 4 unspecified atom stereocenters. The number of allylic oxidation sites excluding steroid dienone is 4. The van der Waals surface area contributed by atoms with Crippen LogP contribution in [0.25, 0.3) is 0 Å². The molecule has 0 saturated carbocycles. The van der Waals surface area contributed by atoms with Gasteiger partial charge in [-0.2, -0.15) is 0 Å². The molecule has 4 atom stereocenters. The summed E-state index contributed by atoms with van der Waals surface area (Å²) < 4.78 is 0. The van der Waals surface area contributed by atoms with Gasteiger partial charge in [0.25, 0.3) is 0 Å². The van der Waals surface area contributed by atoms with E-state index in [1.54, 1.807) is 0 Å². The molecule has 0 saturated heterocycles. The van der Waals surface area contributed by atoms with Crippen molar-refractivity contribution in [3.63, 3.8) is 0 Å². The maximum Gasteiger partial charge on any atom is 0.00764 e. The highest BCUT2D eigenvalue weighted by Gasteiger charge is 2.30. The van der Waals surface area contributed by atoms with Crippen LogP contribution in [0.2, 0.25) is 0 Å². The van der Waals surface area contributed by atoms with Crippen LogP contribution in [0, 0.1) is 11.8 Å². The molecule has 2 aliphatic rings. The molecular formula is C14H24N2. The van der Waals surface area contributed by atoms with Crippen LogP contribution in [0.3, 0.4) is 0 Å². The van der Waals surface area contributed by atoms with Gasteiger partial charge in [-0.15, -0.1) is 0 Å². The fourth-order valence-corrected chi connectivity index (χ4v) is 3.08. The third kappa shape index (κ3) is 2.74. The van der Waals surface area contributed by atoms with Crippen LogP contribution in [0.15, 0.2) is 24.3 Å². The maximum atomic E-state index is 6.30. The molecule has 0 amide bonds. The highest BCUT2D eigenvalue weighted by atomic mass is 14.7. The third-order valence-corrected chi connectivity index (χ3v) is 4.13. The highest BCUT2D eigenvalue weighted by molar-refractivity contribution is 5.01. The first-order valence-corrected chi connectivity index (χ1v) is 6.60. The summed E-state index contributed by atoms with van der Waals surface area (Å²) in [6, 6.07) is 0.662. The van der Waals surface area contributed by atoms with E-state index in [0.29, 0.717) is 23.9 Å². The van der Waals surface area contributed by atoms with E-state index in [0.717, 1.165) is 38.5 Å². The summed E-state index contributed by atoms with van der Waals surface area (Å²) >= 11 is 0. The van der Waals surface area contributed by atoms with Crippen molar-refractivity contribution in [3.8, 4) is 0 Å². The lowest BCUT2D eigenvalue weighted by atomic mass is 9.77. The molecule has 16 heavy (non-hydrogen) atoms. The van der Waals surface area contributed by atoms with Gasteiger partial charge in [0.2, 0.25) is 0 Å². The molecule has 0 bridgehead atoms. The van der Waals surface area contributed by atoms with Crippen molar-refractivity contribution in [1.29, 1.82) is 0 Å². The van der Waals surface area contributed by atoms with E-state index >= 15 is 0 Å². The number of rotatable bonds is 1. The van der Waals surface area contributed by atoms with E-state index in [4.69, 9.17) is 11.5 Å². The molecule has 0 heterocycles. The van der Waals surface area contributed by atoms with Gasteiger partial charge < -0.3 is 11.5 Å². The van der Waals surface area contributed by atoms with E-state index in [1.807, 2.05) is 0 Å². The maximum absolute atomic E-state index is 6.30. The van der Waals surface area contributed by atoms with Crippen LogP contribution >= 0.6 is 0 Å². The molecule has 2 heteroatoms. The summed E-state index contributed by atoms with van der Waals surface area (Å²) in [6.45, 7) is 0. The fraction of sp³-hybridized carbons (Fsp3) is 0.714. The minimum Gasteiger partial charge on any atom is -0.327 e. The van der Waals surface area contributed by atoms with Crippen LogP contribution in [-0.4, -0.2) is 12.1 Å². The molecule has 0 radical (unpaired) electrons. The molecule has 2 nitrogen and oxygen atoms in total. The zero-order valence-electron chi connectivity index (χ0n) is 10.0. The summed E-state index contributed by atoms with van der Waals surface area (Å²) in [4.78, 5) is 0. The quantitative estimate of drug-likeness (QED) is 0.666. The standard InChI is InChI=1S/C14H24N2/c15-13-9-5-1-3-7-11(13)12-8-4-2-6-10-14(12)16/h1-4,11-14H,5-10,15-16H2. The topological polar surface area (TPSA) is 52.0 Å². The first-order chi connectivity index (χ1) is 7.79. The van der Waals surface area contributed by atoms with Crippen LogP contribution in [-0.2, 0) is 0 Å². The predicted molar refractivity (Wildman–Crippen MR) is 68.9 cm³/mol. The predicted octanol–water partition coefficient (Wildman–Crippen LogP) is 2.35. The third-order valence-electron chi connectivity index (χ3n) is 4.13. The zero-order valence-corrected chi connectivity index (χ0v) is 10.0. The largest absolute Gasteiger partial charge is 0.327 e. The monoisotopic (exact) mass is 220 g/mol. The fourth-order valence-electron chi connectivity index (χ4n) is 3.08. The van der Waals surface area contributed by atoms with E-state index in [1.165, 1.54) is 0 Å². The van der Waals surface area contributed by atoms with Gasteiger partial charge in [0.1, 0.15) is 0 Å². The van der Waals surface area contributed by atoms with Gasteiger partial charge >= 0.3 is 0 Å². The Balaban J connectivity index is 2.07. The molecule has 90 valence electrons. The lowest BCUT2D eigenvalue weighted by Crippen LogP contribution is -2.42. The lowest BCUT2D eigenvalue weighted by Gasteiger charge is -2.33. The minimum absolute atomic E-state index is 0.331. The molecule has 2 aliphatic carbocycles. The smallest absolute Gasteiger partial charge is 0.00764 e. The Morgan fingerprint density at radius 3 is 1.56 bits per heavy atom. The number of hydrogen-bond acceptors (Lipinski definition) is 2. The van der Waals surface area contributed by atoms with Crippen molar-refractivity contribution in [2.24, 2.45) is 23.3 Å². The van der Waals surface area contributed by atoms with Crippen molar-refractivity contribution in [3.05, 3.63) is 24.3 Å². The second kappa shape index (κ2) is 5.65. The summed E-state index contributed by atoms with van der Waals surface area (Å²) in [7, 11) is 0. The summed E-state index contributed by atoms with van der Waals surface area (Å²) in [6.07, 6.45) is 15.9. The van der Waals surface area contributed by atoms with Crippen molar-refractivity contribution >= 4 is 0 Å². The Labute approximate surface area is 98.8 Å². The van der Waals surface area contributed by atoms with Crippen LogP contribution < -0.4 is 11.5 Å². The highest BCUT2D eigenvalue weighted by Crippen LogP contribution is 2.32. The Hall–Kier alpha value is -0.600. The molecular weight excluding hydrogens is 196 g/mol. The normalized spacial score (nSPS) is 40.4. The number of nitrogens with two attached hydrogens (primary N) is 2. The molecule has 0 spiro atoms. The molecule has 0 aromatic carbocycles. The molecule has 0 aromatic heterocycles. The average molecular weight is 220 g/mol. The van der Waals surface area contributed by atoms with Crippen molar-refractivity contribution < 1.29 is 0 Å². The zero-order chi connectivity index (χ0) is 11.4. The van der Waals surface area contributed by atoms with Crippen molar-refractivity contribution in [1.82, 2.24) is 0 Å². The van der Waals surface area contributed by atoms with E-state index in [2.05, 4.69) is 24.3 Å². The van der Waals surface area contributed by atoms with Gasteiger partial charge in [-0.25, -0.2) is 0 Å². The summed E-state index contributed by atoms with van der Waals surface area (Å²) in [5.41, 5.74) is 12.6. The van der Waals surface area contributed by atoms with E-state index < -0.39 is 0 Å². The second-order valence-corrected chi connectivity index (χ2v) is 5.22. The molecule has 4 N–H and O–H groups in total. The summed E-state index contributed by atoms with van der Waals surface area (Å²) in [5.74, 6) is 1.16.